The van der Waals surface area contributed by atoms with Gasteiger partial charge in [-0.15, -0.1) is 0 Å². The highest BCUT2D eigenvalue weighted by atomic mass is 79.9. The van der Waals surface area contributed by atoms with Crippen LogP contribution in [0.2, 0.25) is 0 Å². The molecule has 0 bridgehead atoms. The Hall–Kier alpha value is -2.03. The molecule has 3 rings (SSSR count). The molecule has 1 atom stereocenters. The average molecular weight is 502 g/mol. The van der Waals surface area contributed by atoms with Crippen LogP contribution in [0.25, 0.3) is 11.3 Å². The van der Waals surface area contributed by atoms with Gasteiger partial charge in [0.15, 0.2) is 0 Å². The number of alkyl halides is 3. The zero-order chi connectivity index (χ0) is 22.8. The zero-order valence-corrected chi connectivity index (χ0v) is 19.4. The van der Waals surface area contributed by atoms with Gasteiger partial charge in [-0.05, 0) is 58.6 Å². The van der Waals surface area contributed by atoms with E-state index in [0.29, 0.717) is 30.2 Å². The second kappa shape index (κ2) is 9.22. The Bertz CT molecular complexity index is 904. The number of aromatic amines is 1. The Balaban J connectivity index is 1.95. The minimum Gasteiger partial charge on any atom is -0.444 e. The highest BCUT2D eigenvalue weighted by Crippen LogP contribution is 2.34. The number of H-pyrrole nitrogens is 1. The van der Waals surface area contributed by atoms with Crippen molar-refractivity contribution < 1.29 is 22.7 Å². The number of rotatable bonds is 4. The number of piperidine rings is 1. The molecule has 1 aliphatic heterocycles. The number of aromatic nitrogens is 2. The van der Waals surface area contributed by atoms with E-state index >= 15 is 0 Å². The molecule has 2 heterocycles. The lowest BCUT2D eigenvalue weighted by Crippen LogP contribution is -2.42. The summed E-state index contributed by atoms with van der Waals surface area (Å²) in [6.45, 7) is 5.93. The quantitative estimate of drug-likeness (QED) is 0.501. The summed E-state index contributed by atoms with van der Waals surface area (Å²) in [5, 5.41) is 0. The van der Waals surface area contributed by atoms with Gasteiger partial charge in [0.05, 0.1) is 11.7 Å². The first-order chi connectivity index (χ1) is 14.4. The maximum absolute atomic E-state index is 12.9. The number of hydrogen-bond donors (Lipinski definition) is 1. The molecule has 1 amide bonds. The summed E-state index contributed by atoms with van der Waals surface area (Å²) in [5.41, 5.74) is 0.996. The van der Waals surface area contributed by atoms with E-state index in [1.54, 1.807) is 25.7 Å². The summed E-state index contributed by atoms with van der Waals surface area (Å²) in [5.74, 6) is 0.501. The maximum atomic E-state index is 12.9. The standard InChI is InChI=1S/C22H27BrF3N3O2/c1-21(2,3)31-20(30)29-13-5-4-6-17(29)19-27-16(11-12-22(24,25)26)18(28-19)14-7-9-15(23)10-8-14/h7-10,17H,4-6,11-13H2,1-3H3,(H,27,28)/t17-/m0/s1. The topological polar surface area (TPSA) is 58.2 Å². The number of aryl methyl sites for hydroxylation is 1. The summed E-state index contributed by atoms with van der Waals surface area (Å²) in [4.78, 5) is 22.2. The van der Waals surface area contributed by atoms with E-state index in [-0.39, 0.29) is 12.5 Å². The van der Waals surface area contributed by atoms with Crippen molar-refractivity contribution in [3.8, 4) is 11.3 Å². The molecular formula is C22H27BrF3N3O2. The fraction of sp³-hybridized carbons (Fsp3) is 0.545. The number of nitrogens with one attached hydrogen (secondary N) is 1. The van der Waals surface area contributed by atoms with E-state index in [2.05, 4.69) is 25.9 Å². The third-order valence-electron chi connectivity index (χ3n) is 5.02. The SMILES string of the molecule is CC(C)(C)OC(=O)N1CCCC[C@H]1c1nc(-c2ccc(Br)cc2)c(CCC(F)(F)F)[nH]1. The molecule has 9 heteroatoms. The van der Waals surface area contributed by atoms with E-state index in [9.17, 15) is 18.0 Å². The number of amides is 1. The van der Waals surface area contributed by atoms with Crippen molar-refractivity contribution in [2.45, 2.75) is 70.7 Å². The number of ether oxygens (including phenoxy) is 1. The predicted molar refractivity (Wildman–Crippen MR) is 116 cm³/mol. The van der Waals surface area contributed by atoms with E-state index in [4.69, 9.17) is 4.74 Å². The van der Waals surface area contributed by atoms with Crippen molar-refractivity contribution in [3.63, 3.8) is 0 Å². The molecule has 2 aromatic rings. The number of hydrogen-bond acceptors (Lipinski definition) is 3. The Morgan fingerprint density at radius 3 is 2.52 bits per heavy atom. The highest BCUT2D eigenvalue weighted by Gasteiger charge is 2.34. The molecule has 1 aromatic heterocycles. The minimum absolute atomic E-state index is 0.207. The number of imidazole rings is 1. The highest BCUT2D eigenvalue weighted by molar-refractivity contribution is 9.10. The Morgan fingerprint density at radius 2 is 1.90 bits per heavy atom. The second-order valence-electron chi connectivity index (χ2n) is 8.76. The lowest BCUT2D eigenvalue weighted by Gasteiger charge is -2.35. The summed E-state index contributed by atoms with van der Waals surface area (Å²) in [6.07, 6.45) is -3.44. The second-order valence-corrected chi connectivity index (χ2v) is 9.67. The monoisotopic (exact) mass is 501 g/mol. The van der Waals surface area contributed by atoms with Gasteiger partial charge in [0.2, 0.25) is 0 Å². The first-order valence-corrected chi connectivity index (χ1v) is 11.1. The normalized spacial score (nSPS) is 17.6. The van der Waals surface area contributed by atoms with Crippen LogP contribution in [-0.4, -0.2) is 39.3 Å². The maximum Gasteiger partial charge on any atom is 0.410 e. The molecule has 1 aromatic carbocycles. The number of likely N-dealkylation sites (tertiary alicyclic amines) is 1. The number of carbonyl (C=O) groups is 1. The summed E-state index contributed by atoms with van der Waals surface area (Å²) < 4.78 is 45.1. The van der Waals surface area contributed by atoms with Crippen LogP contribution in [0.5, 0.6) is 0 Å². The van der Waals surface area contributed by atoms with Gasteiger partial charge < -0.3 is 9.72 Å². The van der Waals surface area contributed by atoms with Crippen LogP contribution in [0, 0.1) is 0 Å². The van der Waals surface area contributed by atoms with Gasteiger partial charge in [-0.3, -0.25) is 4.90 Å². The number of carbonyl (C=O) groups excluding carboxylic acids is 1. The molecular weight excluding hydrogens is 475 g/mol. The lowest BCUT2D eigenvalue weighted by atomic mass is 10.0. The van der Waals surface area contributed by atoms with Crippen molar-refractivity contribution in [3.05, 3.63) is 40.3 Å². The fourth-order valence-electron chi connectivity index (χ4n) is 3.64. The van der Waals surface area contributed by atoms with Gasteiger partial charge in [-0.1, -0.05) is 28.1 Å². The molecule has 31 heavy (non-hydrogen) atoms. The predicted octanol–water partition coefficient (Wildman–Crippen LogP) is 6.80. The Morgan fingerprint density at radius 1 is 1.23 bits per heavy atom. The van der Waals surface area contributed by atoms with Crippen molar-refractivity contribution in [1.82, 2.24) is 14.9 Å². The van der Waals surface area contributed by atoms with Crippen molar-refractivity contribution in [1.29, 1.82) is 0 Å². The van der Waals surface area contributed by atoms with Gasteiger partial charge in [0.1, 0.15) is 11.4 Å². The van der Waals surface area contributed by atoms with Gasteiger partial charge in [0, 0.05) is 28.7 Å². The van der Waals surface area contributed by atoms with Crippen LogP contribution in [0.1, 0.15) is 64.0 Å². The molecule has 0 saturated carbocycles. The molecule has 0 aliphatic carbocycles. The third-order valence-corrected chi connectivity index (χ3v) is 5.55. The molecule has 170 valence electrons. The number of nitrogens with zero attached hydrogens (tertiary/aromatic N) is 2. The summed E-state index contributed by atoms with van der Waals surface area (Å²) >= 11 is 3.37. The number of halogens is 4. The van der Waals surface area contributed by atoms with Gasteiger partial charge in [-0.2, -0.15) is 13.2 Å². The van der Waals surface area contributed by atoms with Crippen LogP contribution < -0.4 is 0 Å². The van der Waals surface area contributed by atoms with E-state index in [0.717, 1.165) is 22.9 Å². The van der Waals surface area contributed by atoms with Crippen LogP contribution >= 0.6 is 15.9 Å². The molecule has 1 fully saturated rings. The van der Waals surface area contributed by atoms with E-state index in [1.165, 1.54) is 0 Å². The van der Waals surface area contributed by atoms with Crippen molar-refractivity contribution >= 4 is 22.0 Å². The molecule has 0 spiro atoms. The number of benzene rings is 1. The summed E-state index contributed by atoms with van der Waals surface area (Å²) in [7, 11) is 0. The molecule has 5 nitrogen and oxygen atoms in total. The Labute approximate surface area is 188 Å². The molecule has 1 saturated heterocycles. The van der Waals surface area contributed by atoms with Crippen LogP contribution in [0.15, 0.2) is 28.7 Å². The van der Waals surface area contributed by atoms with E-state index in [1.807, 2.05) is 24.3 Å². The minimum atomic E-state index is -4.27. The van der Waals surface area contributed by atoms with Crippen LogP contribution in [-0.2, 0) is 11.2 Å². The molecule has 1 N–H and O–H groups in total. The summed E-state index contributed by atoms with van der Waals surface area (Å²) in [6, 6.07) is 6.91. The van der Waals surface area contributed by atoms with Crippen LogP contribution in [0.3, 0.4) is 0 Å². The van der Waals surface area contributed by atoms with Gasteiger partial charge >= 0.3 is 12.3 Å². The van der Waals surface area contributed by atoms with Gasteiger partial charge in [0.25, 0.3) is 0 Å². The van der Waals surface area contributed by atoms with Gasteiger partial charge in [-0.25, -0.2) is 9.78 Å². The van der Waals surface area contributed by atoms with E-state index < -0.39 is 24.3 Å². The lowest BCUT2D eigenvalue weighted by molar-refractivity contribution is -0.134. The average Bonchev–Trinajstić information content (AvgIpc) is 3.09. The molecule has 0 radical (unpaired) electrons. The first-order valence-electron chi connectivity index (χ1n) is 10.3. The molecule has 0 unspecified atom stereocenters. The first kappa shape index (κ1) is 23.6. The third kappa shape index (κ3) is 6.48. The largest absolute Gasteiger partial charge is 0.444 e. The van der Waals surface area contributed by atoms with Crippen molar-refractivity contribution in [2.75, 3.05) is 6.54 Å². The molecule has 1 aliphatic rings. The smallest absolute Gasteiger partial charge is 0.410 e. The van der Waals surface area contributed by atoms with Crippen molar-refractivity contribution in [2.24, 2.45) is 0 Å². The zero-order valence-electron chi connectivity index (χ0n) is 17.9. The fourth-order valence-corrected chi connectivity index (χ4v) is 3.90. The van der Waals surface area contributed by atoms with Crippen LogP contribution in [0.4, 0.5) is 18.0 Å². The Kier molecular flexibility index (Phi) is 7.03.